The number of nitro benzene ring substituents is 1. The van der Waals surface area contributed by atoms with Crippen molar-refractivity contribution in [1.82, 2.24) is 9.30 Å². The molecule has 5 rings (SSSR count). The predicted octanol–water partition coefficient (Wildman–Crippen LogP) is 3.55. The number of rotatable bonds is 8. The number of non-ortho nitro benzene ring substituents is 1. The van der Waals surface area contributed by atoms with Gasteiger partial charge >= 0.3 is 5.97 Å². The fourth-order valence-corrected chi connectivity index (χ4v) is 7.63. The third-order valence-electron chi connectivity index (χ3n) is 6.99. The zero-order chi connectivity index (χ0) is 27.5. The molecule has 0 aliphatic carbocycles. The number of thiazole rings is 1. The number of hydrogen-bond donors (Lipinski definition) is 1. The Morgan fingerprint density at radius 2 is 1.97 bits per heavy atom. The summed E-state index contributed by atoms with van der Waals surface area (Å²) in [5.74, 6) is -1.70. The molecule has 2 aliphatic heterocycles. The largest absolute Gasteiger partial charge is 0.456 e. The molecule has 4 heterocycles. The van der Waals surface area contributed by atoms with E-state index >= 15 is 0 Å². The van der Waals surface area contributed by atoms with Crippen LogP contribution in [0.4, 0.5) is 5.69 Å². The molecule has 10 nitrogen and oxygen atoms in total. The second-order valence-electron chi connectivity index (χ2n) is 10.0. The van der Waals surface area contributed by atoms with Gasteiger partial charge in [0.25, 0.3) is 5.69 Å². The second-order valence-corrected chi connectivity index (χ2v) is 12.6. The van der Waals surface area contributed by atoms with Crippen LogP contribution in [0.1, 0.15) is 38.1 Å². The first kappa shape index (κ1) is 26.4. The maximum atomic E-state index is 13.5. The third kappa shape index (κ3) is 4.30. The molecule has 1 amide bonds. The van der Waals surface area contributed by atoms with Gasteiger partial charge < -0.3 is 14.7 Å². The Bertz CT molecular complexity index is 1470. The highest BCUT2D eigenvalue weighted by Crippen LogP contribution is 2.52. The molecule has 0 unspecified atom stereocenters. The lowest BCUT2D eigenvalue weighted by Gasteiger charge is -2.46. The van der Waals surface area contributed by atoms with E-state index in [1.807, 2.05) is 30.9 Å². The molecule has 3 aromatic rings. The van der Waals surface area contributed by atoms with E-state index in [4.69, 9.17) is 4.74 Å². The Balaban J connectivity index is 1.51. The fourth-order valence-electron chi connectivity index (χ4n) is 5.29. The number of hydrogen-bond acceptors (Lipinski definition) is 8. The summed E-state index contributed by atoms with van der Waals surface area (Å²) in [7, 11) is 2.00. The monoisotopic (exact) mass is 557 g/mol. The number of aliphatic hydroxyl groups excluding tert-OH is 1. The Hall–Kier alpha value is -3.22. The summed E-state index contributed by atoms with van der Waals surface area (Å²) < 4.78 is 9.74. The summed E-state index contributed by atoms with van der Waals surface area (Å²) >= 11 is 3.32. The molecule has 12 heteroatoms. The first-order valence-corrected chi connectivity index (χ1v) is 14.0. The minimum Gasteiger partial charge on any atom is -0.456 e. The lowest BCUT2D eigenvalue weighted by atomic mass is 9.77. The van der Waals surface area contributed by atoms with Crippen molar-refractivity contribution in [1.29, 1.82) is 0 Å². The summed E-state index contributed by atoms with van der Waals surface area (Å²) in [6.45, 7) is 7.75. The summed E-state index contributed by atoms with van der Waals surface area (Å²) in [4.78, 5) is 40.4. The van der Waals surface area contributed by atoms with Gasteiger partial charge in [0, 0.05) is 28.9 Å². The molecule has 1 fully saturated rings. The predicted molar refractivity (Wildman–Crippen MR) is 142 cm³/mol. The molecular formula is C26H29N4O6S2+. The number of benzene rings is 1. The average molecular weight is 558 g/mol. The SMILES string of the molecule is CC(C)Sc1c2sc(C3=C(C(=O)OCc4ccc([N+](=O)[O-])cc4)N4C(=O)[C@H]([C@@H](C)O)[C@H]4[C@H]3C)cn2c[n+]1C. The van der Waals surface area contributed by atoms with E-state index in [-0.39, 0.29) is 35.9 Å². The van der Waals surface area contributed by atoms with Crippen LogP contribution in [0.2, 0.25) is 0 Å². The number of β-lactam (4-membered cyclic amide) rings is 1. The van der Waals surface area contributed by atoms with Crippen LogP contribution in [-0.2, 0) is 28.0 Å². The standard InChI is InChI=1S/C26H29N4O6S2/c1-13(2)37-24-25-28(12-27(24)5)10-18(38-25)19-14(3)21-20(15(4)31)23(32)29(21)22(19)26(33)36-11-16-6-8-17(9-7-16)30(34)35/h6-10,12-15,20-21,31H,11H2,1-5H3/q+1/t14-,15+,20+,21+/m0/s1. The van der Waals surface area contributed by atoms with E-state index in [1.165, 1.54) is 29.2 Å². The minimum absolute atomic E-state index is 0.0506. The number of carbonyl (C=O) groups is 2. The van der Waals surface area contributed by atoms with Gasteiger partial charge in [0.05, 0.1) is 34.9 Å². The summed E-state index contributed by atoms with van der Waals surface area (Å²) in [6, 6.07) is 5.45. The molecule has 2 aromatic heterocycles. The highest BCUT2D eigenvalue weighted by atomic mass is 32.2. The number of nitro groups is 1. The zero-order valence-electron chi connectivity index (χ0n) is 21.7. The minimum atomic E-state index is -0.838. The van der Waals surface area contributed by atoms with Crippen LogP contribution in [0.3, 0.4) is 0 Å². The van der Waals surface area contributed by atoms with Crippen LogP contribution < -0.4 is 4.57 Å². The molecule has 0 bridgehead atoms. The van der Waals surface area contributed by atoms with Gasteiger partial charge in [-0.1, -0.05) is 43.9 Å². The lowest BCUT2D eigenvalue weighted by molar-refractivity contribution is -0.705. The van der Waals surface area contributed by atoms with E-state index < -0.39 is 22.9 Å². The number of aliphatic hydroxyl groups is 1. The topological polar surface area (TPSA) is 118 Å². The summed E-state index contributed by atoms with van der Waals surface area (Å²) in [6.07, 6.45) is 3.13. The molecule has 1 saturated heterocycles. The van der Waals surface area contributed by atoms with Crippen LogP contribution in [0.15, 0.2) is 47.5 Å². The van der Waals surface area contributed by atoms with Gasteiger partial charge in [-0.3, -0.25) is 14.9 Å². The normalized spacial score (nSPS) is 21.7. The van der Waals surface area contributed by atoms with Crippen molar-refractivity contribution in [2.45, 2.75) is 56.7 Å². The van der Waals surface area contributed by atoms with E-state index in [0.29, 0.717) is 10.8 Å². The smallest absolute Gasteiger partial charge is 0.355 e. The number of imidazole rings is 1. The number of ether oxygens (including phenoxy) is 1. The molecule has 0 saturated carbocycles. The van der Waals surface area contributed by atoms with Crippen LogP contribution in [0.25, 0.3) is 10.4 Å². The van der Waals surface area contributed by atoms with Gasteiger partial charge in [0.2, 0.25) is 22.1 Å². The van der Waals surface area contributed by atoms with E-state index in [1.54, 1.807) is 30.0 Å². The number of carbonyl (C=O) groups excluding carboxylic acids is 2. The van der Waals surface area contributed by atoms with E-state index in [2.05, 4.69) is 18.4 Å². The number of nitrogens with zero attached hydrogens (tertiary/aromatic N) is 4. The number of esters is 1. The molecule has 1 aromatic carbocycles. The summed E-state index contributed by atoms with van der Waals surface area (Å²) in [5.41, 5.74) is 1.49. The summed E-state index contributed by atoms with van der Waals surface area (Å²) in [5, 5.41) is 22.7. The highest BCUT2D eigenvalue weighted by molar-refractivity contribution is 8.00. The van der Waals surface area contributed by atoms with Gasteiger partial charge in [0.15, 0.2) is 0 Å². The van der Waals surface area contributed by atoms with Crippen molar-refractivity contribution >= 4 is 51.1 Å². The van der Waals surface area contributed by atoms with Gasteiger partial charge in [0.1, 0.15) is 18.5 Å². The Labute approximate surface area is 227 Å². The van der Waals surface area contributed by atoms with Crippen molar-refractivity contribution < 1.29 is 28.9 Å². The second kappa shape index (κ2) is 9.83. The number of fused-ring (bicyclic) bond motifs is 2. The van der Waals surface area contributed by atoms with Crippen molar-refractivity contribution in [3.63, 3.8) is 0 Å². The lowest BCUT2D eigenvalue weighted by Crippen LogP contribution is -2.63. The van der Waals surface area contributed by atoms with Gasteiger partial charge in [-0.2, -0.15) is 4.40 Å². The quantitative estimate of drug-likeness (QED) is 0.112. The van der Waals surface area contributed by atoms with Crippen molar-refractivity contribution in [3.8, 4) is 0 Å². The molecule has 1 N–H and O–H groups in total. The van der Waals surface area contributed by atoms with Crippen molar-refractivity contribution in [2.24, 2.45) is 18.9 Å². The number of thioether (sulfide) groups is 1. The Morgan fingerprint density at radius 1 is 1.29 bits per heavy atom. The molecule has 0 spiro atoms. The first-order chi connectivity index (χ1) is 18.0. The number of amides is 1. The Kier molecular flexibility index (Phi) is 6.82. The highest BCUT2D eigenvalue weighted by Gasteiger charge is 2.60. The average Bonchev–Trinajstić information content (AvgIpc) is 3.45. The van der Waals surface area contributed by atoms with Crippen LogP contribution in [-0.4, -0.2) is 48.6 Å². The van der Waals surface area contributed by atoms with Gasteiger partial charge in [-0.25, -0.2) is 9.36 Å². The number of aromatic nitrogens is 2. The van der Waals surface area contributed by atoms with Gasteiger partial charge in [-0.05, 0) is 24.6 Å². The van der Waals surface area contributed by atoms with Crippen LogP contribution in [0, 0.1) is 22.0 Å². The van der Waals surface area contributed by atoms with E-state index in [9.17, 15) is 24.8 Å². The van der Waals surface area contributed by atoms with Crippen molar-refractivity contribution in [3.05, 3.63) is 63.0 Å². The molecular weight excluding hydrogens is 528 g/mol. The maximum Gasteiger partial charge on any atom is 0.355 e. The molecule has 38 heavy (non-hydrogen) atoms. The number of aryl methyl sites for hydroxylation is 1. The molecule has 4 atom stereocenters. The molecule has 200 valence electrons. The third-order valence-corrected chi connectivity index (χ3v) is 9.44. The van der Waals surface area contributed by atoms with Gasteiger partial charge in [-0.15, -0.1) is 0 Å². The Morgan fingerprint density at radius 3 is 2.58 bits per heavy atom. The maximum absolute atomic E-state index is 13.5. The van der Waals surface area contributed by atoms with Crippen LogP contribution >= 0.6 is 23.1 Å². The zero-order valence-corrected chi connectivity index (χ0v) is 23.3. The van der Waals surface area contributed by atoms with E-state index in [0.717, 1.165) is 20.3 Å². The fraction of sp³-hybridized carbons (Fsp3) is 0.423. The van der Waals surface area contributed by atoms with Crippen molar-refractivity contribution in [2.75, 3.05) is 0 Å². The first-order valence-electron chi connectivity index (χ1n) is 12.3. The van der Waals surface area contributed by atoms with Crippen LogP contribution in [0.5, 0.6) is 0 Å². The molecule has 0 radical (unpaired) electrons. The molecule has 2 aliphatic rings.